The van der Waals surface area contributed by atoms with E-state index in [0.29, 0.717) is 35.8 Å². The second-order valence-corrected chi connectivity index (χ2v) is 10.0. The molecule has 0 bridgehead atoms. The highest BCUT2D eigenvalue weighted by Crippen LogP contribution is 2.30. The number of benzene rings is 3. The number of anilines is 1. The van der Waals surface area contributed by atoms with E-state index < -0.39 is 5.97 Å². The molecular weight excluding hydrogens is 558 g/mol. The number of hydrogen-bond acceptors (Lipinski definition) is 6. The predicted octanol–water partition coefficient (Wildman–Crippen LogP) is 6.61. The second kappa shape index (κ2) is 14.5. The van der Waals surface area contributed by atoms with Crippen LogP contribution in [0.1, 0.15) is 45.8 Å². The molecule has 0 N–H and O–H groups in total. The lowest BCUT2D eigenvalue weighted by atomic mass is 9.87. The fourth-order valence-electron chi connectivity index (χ4n) is 5.19. The zero-order valence-electron chi connectivity index (χ0n) is 23.0. The molecule has 0 amide bonds. The Balaban J connectivity index is 0.00000405. The maximum absolute atomic E-state index is 13.5. The number of piperazine rings is 1. The van der Waals surface area contributed by atoms with Crippen LogP contribution in [-0.4, -0.2) is 48.6 Å². The molecule has 1 saturated heterocycles. The third-order valence-electron chi connectivity index (χ3n) is 7.38. The highest BCUT2D eigenvalue weighted by Gasteiger charge is 2.24. The first-order valence-electron chi connectivity index (χ1n) is 13.7. The van der Waals surface area contributed by atoms with Gasteiger partial charge in [0, 0.05) is 38.3 Å². The molecule has 9 heteroatoms. The molecule has 3 aromatic carbocycles. The minimum atomic E-state index is -0.493. The van der Waals surface area contributed by atoms with Gasteiger partial charge in [-0.25, -0.2) is 18.6 Å². The Labute approximate surface area is 250 Å². The van der Waals surface area contributed by atoms with Gasteiger partial charge in [-0.05, 0) is 91.2 Å². The van der Waals surface area contributed by atoms with Crippen molar-refractivity contribution in [1.82, 2.24) is 9.88 Å². The average Bonchev–Trinajstić information content (AvgIpc) is 3.01. The number of carbonyl (C=O) groups excluding carboxylic acids is 1. The summed E-state index contributed by atoms with van der Waals surface area (Å²) in [5.74, 6) is -0.0265. The van der Waals surface area contributed by atoms with Gasteiger partial charge in [-0.1, -0.05) is 24.3 Å². The number of aromatic nitrogens is 1. The molecule has 0 unspecified atom stereocenters. The molecule has 1 fully saturated rings. The van der Waals surface area contributed by atoms with Gasteiger partial charge >= 0.3 is 5.97 Å². The molecule has 6 nitrogen and oxygen atoms in total. The molecule has 1 aliphatic heterocycles. The first-order chi connectivity index (χ1) is 20.0. The van der Waals surface area contributed by atoms with Gasteiger partial charge in [0.25, 0.3) is 0 Å². The summed E-state index contributed by atoms with van der Waals surface area (Å²) in [5.41, 5.74) is 2.91. The summed E-state index contributed by atoms with van der Waals surface area (Å²) in [7, 11) is 0. The van der Waals surface area contributed by atoms with E-state index >= 15 is 0 Å². The lowest BCUT2D eigenvalue weighted by molar-refractivity contribution is 0.0734. The molecule has 5 rings (SSSR count). The van der Waals surface area contributed by atoms with E-state index in [9.17, 15) is 13.6 Å². The lowest BCUT2D eigenvalue weighted by Gasteiger charge is -2.36. The molecule has 42 heavy (non-hydrogen) atoms. The minimum absolute atomic E-state index is 0. The van der Waals surface area contributed by atoms with Crippen molar-refractivity contribution in [2.75, 3.05) is 37.6 Å². The van der Waals surface area contributed by atoms with Gasteiger partial charge in [0.15, 0.2) is 0 Å². The Hall–Kier alpha value is -4.32. The zero-order chi connectivity index (χ0) is 28.6. The SMILES string of the molecule is Cl.N#Cc1ccc(OC(=O)c2cccnc2N2CCN(CCCC(c3ccc(F)cc3)c3ccc(F)cc3)CC2)cc1. The minimum Gasteiger partial charge on any atom is -0.423 e. The van der Waals surface area contributed by atoms with Crippen molar-refractivity contribution in [3.05, 3.63) is 125 Å². The Morgan fingerprint density at radius 3 is 2.05 bits per heavy atom. The standard InChI is InChI=1S/C33H30F2N4O2.ClH/c34-27-11-7-25(8-12-27)30(26-9-13-28(35)14-10-26)4-2-18-38-19-21-39(22-20-38)32-31(3-1-17-37-32)33(40)41-29-15-5-24(23-36)6-16-29;/h1,3,5-17,30H,2,4,18-22H2;1H. The molecule has 1 aromatic heterocycles. The fourth-order valence-corrected chi connectivity index (χ4v) is 5.19. The normalized spacial score (nSPS) is 13.3. The van der Waals surface area contributed by atoms with Crippen molar-refractivity contribution >= 4 is 24.2 Å². The van der Waals surface area contributed by atoms with Crippen LogP contribution in [0.15, 0.2) is 91.1 Å². The summed E-state index contributed by atoms with van der Waals surface area (Å²) >= 11 is 0. The number of halogens is 3. The van der Waals surface area contributed by atoms with Crippen LogP contribution in [0.5, 0.6) is 5.75 Å². The van der Waals surface area contributed by atoms with E-state index in [1.165, 1.54) is 24.3 Å². The van der Waals surface area contributed by atoms with Gasteiger partial charge in [0.2, 0.25) is 0 Å². The molecule has 1 aliphatic rings. The van der Waals surface area contributed by atoms with Gasteiger partial charge in [0.05, 0.1) is 11.6 Å². The summed E-state index contributed by atoms with van der Waals surface area (Å²) in [6.07, 6.45) is 3.44. The summed E-state index contributed by atoms with van der Waals surface area (Å²) in [4.78, 5) is 22.0. The third kappa shape index (κ3) is 7.69. The summed E-state index contributed by atoms with van der Waals surface area (Å²) < 4.78 is 32.6. The molecule has 4 aromatic rings. The van der Waals surface area contributed by atoms with Gasteiger partial charge in [0.1, 0.15) is 28.8 Å². The molecular formula is C33H31ClF2N4O2. The van der Waals surface area contributed by atoms with Crippen molar-refractivity contribution in [1.29, 1.82) is 5.26 Å². The van der Waals surface area contributed by atoms with E-state index in [1.54, 1.807) is 66.9 Å². The first kappa shape index (κ1) is 30.6. The predicted molar refractivity (Wildman–Crippen MR) is 160 cm³/mol. The Morgan fingerprint density at radius 1 is 0.881 bits per heavy atom. The number of rotatable bonds is 9. The van der Waals surface area contributed by atoms with Crippen molar-refractivity contribution in [3.8, 4) is 11.8 Å². The fraction of sp³-hybridized carbons (Fsp3) is 0.242. The van der Waals surface area contributed by atoms with E-state index in [1.807, 2.05) is 6.07 Å². The highest BCUT2D eigenvalue weighted by atomic mass is 35.5. The summed E-state index contributed by atoms with van der Waals surface area (Å²) in [6, 6.07) is 25.0. The van der Waals surface area contributed by atoms with Crippen LogP contribution in [0.2, 0.25) is 0 Å². The van der Waals surface area contributed by atoms with Crippen molar-refractivity contribution in [2.45, 2.75) is 18.8 Å². The van der Waals surface area contributed by atoms with Crippen LogP contribution < -0.4 is 9.64 Å². The molecule has 2 heterocycles. The second-order valence-electron chi connectivity index (χ2n) is 10.0. The monoisotopic (exact) mass is 588 g/mol. The maximum atomic E-state index is 13.5. The number of esters is 1. The number of nitrogens with zero attached hydrogens (tertiary/aromatic N) is 4. The van der Waals surface area contributed by atoms with Gasteiger partial charge in [-0.2, -0.15) is 5.26 Å². The number of nitriles is 1. The topological polar surface area (TPSA) is 69.5 Å². The zero-order valence-corrected chi connectivity index (χ0v) is 23.8. The van der Waals surface area contributed by atoms with Gasteiger partial charge in [-0.3, -0.25) is 4.90 Å². The van der Waals surface area contributed by atoms with Crippen LogP contribution in [0.4, 0.5) is 14.6 Å². The molecule has 0 aliphatic carbocycles. The molecule has 0 spiro atoms. The number of carbonyl (C=O) groups is 1. The van der Waals surface area contributed by atoms with Crippen LogP contribution in [0, 0.1) is 23.0 Å². The van der Waals surface area contributed by atoms with E-state index in [-0.39, 0.29) is 30.0 Å². The quantitative estimate of drug-likeness (QED) is 0.162. The number of pyridine rings is 1. The van der Waals surface area contributed by atoms with Crippen molar-refractivity contribution in [3.63, 3.8) is 0 Å². The van der Waals surface area contributed by atoms with Crippen LogP contribution >= 0.6 is 12.4 Å². The van der Waals surface area contributed by atoms with E-state index in [0.717, 1.165) is 43.6 Å². The summed E-state index contributed by atoms with van der Waals surface area (Å²) in [5, 5.41) is 8.97. The van der Waals surface area contributed by atoms with E-state index in [2.05, 4.69) is 14.8 Å². The summed E-state index contributed by atoms with van der Waals surface area (Å²) in [6.45, 7) is 3.96. The highest BCUT2D eigenvalue weighted by molar-refractivity contribution is 5.96. The van der Waals surface area contributed by atoms with Crippen LogP contribution in [0.3, 0.4) is 0 Å². The Bertz CT molecular complexity index is 1460. The number of hydrogen-bond donors (Lipinski definition) is 0. The lowest BCUT2D eigenvalue weighted by Crippen LogP contribution is -2.47. The van der Waals surface area contributed by atoms with Crippen molar-refractivity contribution in [2.24, 2.45) is 0 Å². The molecule has 0 atom stereocenters. The molecule has 216 valence electrons. The van der Waals surface area contributed by atoms with E-state index in [4.69, 9.17) is 10.00 Å². The molecule has 0 radical (unpaired) electrons. The van der Waals surface area contributed by atoms with Crippen LogP contribution in [0.25, 0.3) is 0 Å². The van der Waals surface area contributed by atoms with Crippen LogP contribution in [-0.2, 0) is 0 Å². The third-order valence-corrected chi connectivity index (χ3v) is 7.38. The van der Waals surface area contributed by atoms with Crippen molar-refractivity contribution < 1.29 is 18.3 Å². The largest absolute Gasteiger partial charge is 0.423 e. The molecule has 0 saturated carbocycles. The smallest absolute Gasteiger partial charge is 0.347 e. The first-order valence-corrected chi connectivity index (χ1v) is 13.7. The van der Waals surface area contributed by atoms with Gasteiger partial charge in [-0.15, -0.1) is 12.4 Å². The Kier molecular flexibility index (Phi) is 10.6. The number of ether oxygens (including phenoxy) is 1. The Morgan fingerprint density at radius 2 is 1.48 bits per heavy atom. The maximum Gasteiger partial charge on any atom is 0.347 e. The van der Waals surface area contributed by atoms with Gasteiger partial charge < -0.3 is 9.64 Å². The average molecular weight is 589 g/mol.